The third kappa shape index (κ3) is 5.13. The van der Waals surface area contributed by atoms with Crippen LogP contribution < -0.4 is 15.8 Å². The highest BCUT2D eigenvalue weighted by molar-refractivity contribution is 5.99. The summed E-state index contributed by atoms with van der Waals surface area (Å²) >= 11 is 0. The SMILES string of the molecule is CCOc1ccccc1C(=O)N[C@@H](CCC(N)=O)C(=O)O. The van der Waals surface area contributed by atoms with E-state index in [1.807, 2.05) is 0 Å². The molecule has 0 saturated carbocycles. The molecule has 1 aromatic rings. The number of amides is 2. The summed E-state index contributed by atoms with van der Waals surface area (Å²) in [6.07, 6.45) is -0.183. The van der Waals surface area contributed by atoms with Crippen LogP contribution >= 0.6 is 0 Å². The first-order valence-electron chi connectivity index (χ1n) is 6.49. The predicted molar refractivity (Wildman–Crippen MR) is 74.9 cm³/mol. The average molecular weight is 294 g/mol. The molecule has 0 bridgehead atoms. The summed E-state index contributed by atoms with van der Waals surface area (Å²) in [7, 11) is 0. The summed E-state index contributed by atoms with van der Waals surface area (Å²) in [6, 6.07) is 5.34. The molecule has 0 aliphatic rings. The second kappa shape index (κ2) is 7.88. The van der Waals surface area contributed by atoms with E-state index >= 15 is 0 Å². The van der Waals surface area contributed by atoms with Crippen molar-refractivity contribution in [3.63, 3.8) is 0 Å². The predicted octanol–water partition coefficient (Wildman–Crippen LogP) is 0.534. The largest absolute Gasteiger partial charge is 0.493 e. The van der Waals surface area contributed by atoms with Crippen molar-refractivity contribution in [3.05, 3.63) is 29.8 Å². The van der Waals surface area contributed by atoms with Gasteiger partial charge in [-0.2, -0.15) is 0 Å². The maximum atomic E-state index is 12.1. The van der Waals surface area contributed by atoms with Gasteiger partial charge in [-0.15, -0.1) is 0 Å². The molecule has 0 aliphatic carbocycles. The van der Waals surface area contributed by atoms with E-state index in [0.29, 0.717) is 12.4 Å². The molecular formula is C14H18N2O5. The Labute approximate surface area is 122 Å². The van der Waals surface area contributed by atoms with E-state index in [1.54, 1.807) is 25.1 Å². The number of hydrogen-bond acceptors (Lipinski definition) is 4. The highest BCUT2D eigenvalue weighted by atomic mass is 16.5. The Kier molecular flexibility index (Phi) is 6.19. The summed E-state index contributed by atoms with van der Waals surface area (Å²) in [4.78, 5) is 33.9. The zero-order chi connectivity index (χ0) is 15.8. The number of nitrogens with one attached hydrogen (secondary N) is 1. The minimum absolute atomic E-state index is 0.0623. The van der Waals surface area contributed by atoms with Gasteiger partial charge in [0.2, 0.25) is 5.91 Å². The van der Waals surface area contributed by atoms with Gasteiger partial charge in [-0.25, -0.2) is 4.79 Å². The minimum atomic E-state index is -1.22. The second-order valence-corrected chi connectivity index (χ2v) is 4.30. The molecule has 7 heteroatoms. The number of primary amides is 1. The summed E-state index contributed by atoms with van der Waals surface area (Å²) in [5, 5.41) is 11.4. The van der Waals surface area contributed by atoms with Gasteiger partial charge >= 0.3 is 5.97 Å². The maximum absolute atomic E-state index is 12.1. The lowest BCUT2D eigenvalue weighted by Crippen LogP contribution is -2.41. The van der Waals surface area contributed by atoms with E-state index < -0.39 is 23.8 Å². The molecule has 2 amide bonds. The highest BCUT2D eigenvalue weighted by Gasteiger charge is 2.22. The van der Waals surface area contributed by atoms with E-state index in [1.165, 1.54) is 6.07 Å². The molecule has 7 nitrogen and oxygen atoms in total. The Balaban J connectivity index is 2.82. The number of para-hydroxylation sites is 1. The molecule has 1 atom stereocenters. The van der Waals surface area contributed by atoms with Crippen molar-refractivity contribution < 1.29 is 24.2 Å². The van der Waals surface area contributed by atoms with E-state index in [4.69, 9.17) is 15.6 Å². The molecule has 114 valence electrons. The number of carbonyl (C=O) groups is 3. The maximum Gasteiger partial charge on any atom is 0.326 e. The number of ether oxygens (including phenoxy) is 1. The van der Waals surface area contributed by atoms with Crippen LogP contribution in [0.4, 0.5) is 0 Å². The first-order valence-corrected chi connectivity index (χ1v) is 6.49. The zero-order valence-electron chi connectivity index (χ0n) is 11.7. The lowest BCUT2D eigenvalue weighted by molar-refractivity contribution is -0.139. The van der Waals surface area contributed by atoms with E-state index in [-0.39, 0.29) is 18.4 Å². The van der Waals surface area contributed by atoms with Crippen LogP contribution in [0.25, 0.3) is 0 Å². The normalized spacial score (nSPS) is 11.5. The summed E-state index contributed by atoms with van der Waals surface area (Å²) < 4.78 is 5.32. The van der Waals surface area contributed by atoms with Gasteiger partial charge in [0.15, 0.2) is 0 Å². The summed E-state index contributed by atoms with van der Waals surface area (Å²) in [5.74, 6) is -2.05. The first-order chi connectivity index (χ1) is 9.95. The van der Waals surface area contributed by atoms with Crippen molar-refractivity contribution >= 4 is 17.8 Å². The van der Waals surface area contributed by atoms with Crippen LogP contribution in [-0.2, 0) is 9.59 Å². The van der Waals surface area contributed by atoms with Crippen molar-refractivity contribution in [3.8, 4) is 5.75 Å². The third-order valence-corrected chi connectivity index (χ3v) is 2.71. The molecule has 0 radical (unpaired) electrons. The molecule has 1 aromatic carbocycles. The standard InChI is InChI=1S/C14H18N2O5/c1-2-21-11-6-4-3-5-9(11)13(18)16-10(14(19)20)7-8-12(15)17/h3-6,10H,2,7-8H2,1H3,(H2,15,17)(H,16,18)(H,19,20)/t10-/m0/s1. The van der Waals surface area contributed by atoms with Gasteiger partial charge in [-0.05, 0) is 25.5 Å². The number of carboxylic acid groups (broad SMARTS) is 1. The first kappa shape index (κ1) is 16.5. The van der Waals surface area contributed by atoms with E-state index in [9.17, 15) is 14.4 Å². The Morgan fingerprint density at radius 1 is 1.33 bits per heavy atom. The Morgan fingerprint density at radius 3 is 2.57 bits per heavy atom. The van der Waals surface area contributed by atoms with Gasteiger partial charge in [0.05, 0.1) is 12.2 Å². The van der Waals surface area contributed by atoms with Gasteiger partial charge < -0.3 is 20.9 Å². The van der Waals surface area contributed by atoms with E-state index in [2.05, 4.69) is 5.32 Å². The van der Waals surface area contributed by atoms with Crippen LogP contribution in [0.1, 0.15) is 30.1 Å². The fraction of sp³-hybridized carbons (Fsp3) is 0.357. The van der Waals surface area contributed by atoms with Crippen LogP contribution in [0, 0.1) is 0 Å². The Hall–Kier alpha value is -2.57. The third-order valence-electron chi connectivity index (χ3n) is 2.71. The van der Waals surface area contributed by atoms with Crippen LogP contribution in [-0.4, -0.2) is 35.5 Å². The molecule has 1 rings (SSSR count). The average Bonchev–Trinajstić information content (AvgIpc) is 2.43. The molecule has 0 heterocycles. The molecule has 4 N–H and O–H groups in total. The van der Waals surface area contributed by atoms with Gasteiger partial charge in [0.1, 0.15) is 11.8 Å². The summed E-state index contributed by atoms with van der Waals surface area (Å²) in [6.45, 7) is 2.16. The summed E-state index contributed by atoms with van der Waals surface area (Å²) in [5.41, 5.74) is 5.22. The van der Waals surface area contributed by atoms with Crippen molar-refractivity contribution in [2.45, 2.75) is 25.8 Å². The Morgan fingerprint density at radius 2 is 2.00 bits per heavy atom. The van der Waals surface area contributed by atoms with Gasteiger partial charge in [-0.3, -0.25) is 9.59 Å². The number of aliphatic carboxylic acids is 1. The lowest BCUT2D eigenvalue weighted by atomic mass is 10.1. The van der Waals surface area contributed by atoms with Crippen LogP contribution in [0.15, 0.2) is 24.3 Å². The smallest absolute Gasteiger partial charge is 0.326 e. The minimum Gasteiger partial charge on any atom is -0.493 e. The molecule has 0 aliphatic heterocycles. The number of nitrogens with two attached hydrogens (primary N) is 1. The number of hydrogen-bond donors (Lipinski definition) is 3. The fourth-order valence-electron chi connectivity index (χ4n) is 1.72. The Bertz CT molecular complexity index is 530. The van der Waals surface area contributed by atoms with E-state index in [0.717, 1.165) is 0 Å². The molecule has 0 saturated heterocycles. The molecule has 0 unspecified atom stereocenters. The topological polar surface area (TPSA) is 119 Å². The van der Waals surface area contributed by atoms with Crippen molar-refractivity contribution in [2.75, 3.05) is 6.61 Å². The van der Waals surface area contributed by atoms with Crippen molar-refractivity contribution in [1.82, 2.24) is 5.32 Å². The van der Waals surface area contributed by atoms with Crippen molar-refractivity contribution in [1.29, 1.82) is 0 Å². The number of rotatable bonds is 8. The second-order valence-electron chi connectivity index (χ2n) is 4.30. The molecule has 0 fully saturated rings. The molecule has 0 aromatic heterocycles. The highest BCUT2D eigenvalue weighted by Crippen LogP contribution is 2.18. The monoisotopic (exact) mass is 294 g/mol. The zero-order valence-corrected chi connectivity index (χ0v) is 11.7. The number of carbonyl (C=O) groups excluding carboxylic acids is 2. The van der Waals surface area contributed by atoms with Crippen LogP contribution in [0.2, 0.25) is 0 Å². The lowest BCUT2D eigenvalue weighted by Gasteiger charge is -2.15. The number of carboxylic acids is 1. The van der Waals surface area contributed by atoms with Gasteiger partial charge in [0.25, 0.3) is 5.91 Å². The van der Waals surface area contributed by atoms with Crippen LogP contribution in [0.5, 0.6) is 5.75 Å². The molecule has 0 spiro atoms. The molecular weight excluding hydrogens is 276 g/mol. The van der Waals surface area contributed by atoms with Crippen molar-refractivity contribution in [2.24, 2.45) is 5.73 Å². The quantitative estimate of drug-likeness (QED) is 0.646. The van der Waals surface area contributed by atoms with Crippen LogP contribution in [0.3, 0.4) is 0 Å². The molecule has 21 heavy (non-hydrogen) atoms. The number of benzene rings is 1. The van der Waals surface area contributed by atoms with Gasteiger partial charge in [-0.1, -0.05) is 12.1 Å². The van der Waals surface area contributed by atoms with Gasteiger partial charge in [0, 0.05) is 6.42 Å². The fourth-order valence-corrected chi connectivity index (χ4v) is 1.72.